The maximum Gasteiger partial charge on any atom is 0.407 e. The molecule has 228 valence electrons. The van der Waals surface area contributed by atoms with Crippen molar-refractivity contribution < 1.29 is 24.2 Å². The fourth-order valence-electron chi connectivity index (χ4n) is 4.92. The van der Waals surface area contributed by atoms with E-state index >= 15 is 0 Å². The minimum absolute atomic E-state index is 0.163. The number of hydrogen-bond donors (Lipinski definition) is 4. The van der Waals surface area contributed by atoms with Gasteiger partial charge < -0.3 is 30.7 Å². The van der Waals surface area contributed by atoms with Gasteiger partial charge in [-0.2, -0.15) is 0 Å². The quantitative estimate of drug-likeness (QED) is 0.255. The molecule has 10 heteroatoms. The first-order chi connectivity index (χ1) is 20.6. The molecular formula is C33H40N4O5S. The van der Waals surface area contributed by atoms with Crippen molar-refractivity contribution in [3.05, 3.63) is 83.9 Å². The Labute approximate surface area is 257 Å². The van der Waals surface area contributed by atoms with Crippen LogP contribution in [0, 0.1) is 0 Å². The van der Waals surface area contributed by atoms with Crippen LogP contribution in [0.1, 0.15) is 38.3 Å². The molecule has 43 heavy (non-hydrogen) atoms. The summed E-state index contributed by atoms with van der Waals surface area (Å²) in [6.45, 7) is 6.54. The van der Waals surface area contributed by atoms with E-state index in [1.807, 2.05) is 86.6 Å². The second-order valence-corrected chi connectivity index (χ2v) is 12.4. The van der Waals surface area contributed by atoms with Crippen LogP contribution in [-0.2, 0) is 27.4 Å². The number of hydrogen-bond acceptors (Lipinski definition) is 7. The van der Waals surface area contributed by atoms with E-state index in [9.17, 15) is 19.5 Å². The number of β-amino-alcohol motifs (C(OH)–C–C–N with tert-alkyl or cyclic N) is 1. The number of fused-ring (bicyclic) bond motifs is 1. The summed E-state index contributed by atoms with van der Waals surface area (Å²) in [6.07, 6.45) is -0.849. The fourth-order valence-corrected chi connectivity index (χ4v) is 5.99. The molecule has 0 aliphatic carbocycles. The van der Waals surface area contributed by atoms with E-state index < -0.39 is 23.8 Å². The summed E-state index contributed by atoms with van der Waals surface area (Å²) in [5.74, 6) is 0.0381. The van der Waals surface area contributed by atoms with E-state index in [4.69, 9.17) is 4.74 Å². The summed E-state index contributed by atoms with van der Waals surface area (Å²) in [7, 11) is 1.34. The second-order valence-electron chi connectivity index (χ2n) is 11.3. The molecular weight excluding hydrogens is 564 g/mol. The van der Waals surface area contributed by atoms with Gasteiger partial charge in [-0.1, -0.05) is 60.7 Å². The number of carbonyl (C=O) groups excluding carboxylic acids is 3. The van der Waals surface area contributed by atoms with Gasteiger partial charge >= 0.3 is 6.09 Å². The normalized spacial score (nSPS) is 15.7. The predicted molar refractivity (Wildman–Crippen MR) is 170 cm³/mol. The molecule has 0 bridgehead atoms. The second kappa shape index (κ2) is 14.5. The Kier molecular flexibility index (Phi) is 10.8. The lowest BCUT2D eigenvalue weighted by molar-refractivity contribution is -0.127. The summed E-state index contributed by atoms with van der Waals surface area (Å²) in [5.41, 5.74) is 4.15. The Bertz CT molecular complexity index is 1430. The molecule has 4 N–H and O–H groups in total. The van der Waals surface area contributed by atoms with Crippen LogP contribution in [0.2, 0.25) is 0 Å². The number of anilines is 1. The number of ether oxygens (including phenoxy) is 1. The number of aliphatic hydroxyl groups is 1. The van der Waals surface area contributed by atoms with Crippen LogP contribution >= 0.6 is 11.8 Å². The molecule has 0 radical (unpaired) electrons. The average molecular weight is 605 g/mol. The lowest BCUT2D eigenvalue weighted by Gasteiger charge is -2.29. The molecule has 3 aromatic carbocycles. The van der Waals surface area contributed by atoms with Crippen molar-refractivity contribution >= 4 is 35.4 Å². The highest BCUT2D eigenvalue weighted by molar-refractivity contribution is 7.99. The summed E-state index contributed by atoms with van der Waals surface area (Å²) in [4.78, 5) is 41.3. The monoisotopic (exact) mass is 604 g/mol. The molecule has 4 rings (SSSR count). The van der Waals surface area contributed by atoms with Crippen LogP contribution in [0.15, 0.2) is 77.7 Å². The highest BCUT2D eigenvalue weighted by atomic mass is 32.2. The van der Waals surface area contributed by atoms with Crippen LogP contribution in [0.3, 0.4) is 0 Å². The number of para-hydroxylation sites is 1. The number of methoxy groups -OCH3 is 1. The van der Waals surface area contributed by atoms with Crippen molar-refractivity contribution in [2.75, 3.05) is 24.3 Å². The van der Waals surface area contributed by atoms with E-state index in [0.717, 1.165) is 32.8 Å². The molecule has 1 heterocycles. The van der Waals surface area contributed by atoms with Crippen LogP contribution in [0.5, 0.6) is 0 Å². The topological polar surface area (TPSA) is 120 Å². The van der Waals surface area contributed by atoms with E-state index in [2.05, 4.69) is 16.0 Å². The maximum atomic E-state index is 13.9. The van der Waals surface area contributed by atoms with Crippen molar-refractivity contribution in [3.8, 4) is 11.1 Å². The zero-order valence-electron chi connectivity index (χ0n) is 25.1. The maximum absolute atomic E-state index is 13.9. The number of rotatable bonds is 11. The average Bonchev–Trinajstić information content (AvgIpc) is 3.11. The molecule has 3 amide bonds. The van der Waals surface area contributed by atoms with Gasteiger partial charge in [0.15, 0.2) is 0 Å². The number of aliphatic hydroxyl groups excluding tert-OH is 1. The van der Waals surface area contributed by atoms with Crippen molar-refractivity contribution in [1.29, 1.82) is 0 Å². The first-order valence-corrected chi connectivity index (χ1v) is 15.3. The van der Waals surface area contributed by atoms with E-state index in [-0.39, 0.29) is 18.2 Å². The third-order valence-corrected chi connectivity index (χ3v) is 8.33. The fraction of sp³-hybridized carbons (Fsp3) is 0.364. The third kappa shape index (κ3) is 8.82. The van der Waals surface area contributed by atoms with Crippen LogP contribution < -0.4 is 20.9 Å². The lowest BCUT2D eigenvalue weighted by atomic mass is 9.98. The van der Waals surface area contributed by atoms with Crippen molar-refractivity contribution in [2.45, 2.75) is 62.9 Å². The highest BCUT2D eigenvalue weighted by Crippen LogP contribution is 2.35. The minimum Gasteiger partial charge on any atom is -0.453 e. The SMILES string of the molecule is COC(=O)NCc1ccccc1-c1ccc(CN2C(=O)[C@H](NC(=O)CC(C)(C)NC[C@@H](C)O)CSc3ccccc32)cc1. The van der Waals surface area contributed by atoms with Gasteiger partial charge in [0.2, 0.25) is 5.91 Å². The summed E-state index contributed by atoms with van der Waals surface area (Å²) >= 11 is 1.55. The molecule has 0 unspecified atom stereocenters. The molecule has 0 spiro atoms. The van der Waals surface area contributed by atoms with Crippen LogP contribution in [0.4, 0.5) is 10.5 Å². The lowest BCUT2D eigenvalue weighted by Crippen LogP contribution is -2.52. The summed E-state index contributed by atoms with van der Waals surface area (Å²) in [6, 6.07) is 23.0. The minimum atomic E-state index is -0.689. The van der Waals surface area contributed by atoms with Crippen LogP contribution in [0.25, 0.3) is 11.1 Å². The number of alkyl carbamates (subject to hydrolysis) is 1. The Morgan fingerprint density at radius 2 is 1.77 bits per heavy atom. The molecule has 2 atom stereocenters. The predicted octanol–water partition coefficient (Wildman–Crippen LogP) is 4.47. The molecule has 0 saturated heterocycles. The zero-order chi connectivity index (χ0) is 31.0. The molecule has 0 saturated carbocycles. The van der Waals surface area contributed by atoms with Gasteiger partial charge in [-0.3, -0.25) is 9.59 Å². The summed E-state index contributed by atoms with van der Waals surface area (Å²) < 4.78 is 4.70. The van der Waals surface area contributed by atoms with E-state index in [1.54, 1.807) is 23.6 Å². The van der Waals surface area contributed by atoms with Crippen molar-refractivity contribution in [2.24, 2.45) is 0 Å². The van der Waals surface area contributed by atoms with E-state index in [0.29, 0.717) is 25.4 Å². The van der Waals surface area contributed by atoms with Gasteiger partial charge in [0.05, 0.1) is 25.4 Å². The van der Waals surface area contributed by atoms with Gasteiger partial charge in [-0.15, -0.1) is 11.8 Å². The third-order valence-electron chi connectivity index (χ3n) is 7.17. The first kappa shape index (κ1) is 32.1. The van der Waals surface area contributed by atoms with E-state index in [1.165, 1.54) is 7.11 Å². The van der Waals surface area contributed by atoms with Gasteiger partial charge in [0.1, 0.15) is 6.04 Å². The summed E-state index contributed by atoms with van der Waals surface area (Å²) in [5, 5.41) is 18.5. The Balaban J connectivity index is 1.51. The number of benzene rings is 3. The van der Waals surface area contributed by atoms with Crippen LogP contribution in [-0.4, -0.2) is 60.1 Å². The first-order valence-electron chi connectivity index (χ1n) is 14.3. The smallest absolute Gasteiger partial charge is 0.407 e. The number of carbonyl (C=O) groups is 3. The largest absolute Gasteiger partial charge is 0.453 e. The molecule has 1 aliphatic rings. The van der Waals surface area contributed by atoms with Gasteiger partial charge in [0, 0.05) is 35.7 Å². The van der Waals surface area contributed by atoms with Gasteiger partial charge in [-0.25, -0.2) is 4.79 Å². The molecule has 3 aromatic rings. The number of amides is 3. The number of nitrogens with one attached hydrogen (secondary N) is 3. The van der Waals surface area contributed by atoms with Gasteiger partial charge in [0.25, 0.3) is 5.91 Å². The standard InChI is InChI=1S/C33H40N4O5S/c1-22(38)18-35-33(2,3)17-30(39)36-27-21-43-29-12-8-7-11-28(29)37(31(27)40)20-23-13-15-24(16-14-23)26-10-6-5-9-25(26)19-34-32(41)42-4/h5-16,22,27,35,38H,17-21H2,1-4H3,(H,34,41)(H,36,39)/t22-,27-/m1/s1. The number of thioether (sulfide) groups is 1. The van der Waals surface area contributed by atoms with Crippen molar-refractivity contribution in [3.63, 3.8) is 0 Å². The molecule has 0 fully saturated rings. The van der Waals surface area contributed by atoms with Crippen molar-refractivity contribution in [1.82, 2.24) is 16.0 Å². The Hall–Kier alpha value is -3.86. The van der Waals surface area contributed by atoms with Gasteiger partial charge in [-0.05, 0) is 55.2 Å². The Morgan fingerprint density at radius 3 is 2.49 bits per heavy atom. The molecule has 0 aromatic heterocycles. The highest BCUT2D eigenvalue weighted by Gasteiger charge is 2.33. The zero-order valence-corrected chi connectivity index (χ0v) is 25.9. The molecule has 9 nitrogen and oxygen atoms in total. The Morgan fingerprint density at radius 1 is 1.07 bits per heavy atom. The molecule has 1 aliphatic heterocycles. The number of nitrogens with zero attached hydrogens (tertiary/aromatic N) is 1.